The molecule has 39 heavy (non-hydrogen) atoms. The van der Waals surface area contributed by atoms with Crippen LogP contribution in [0.25, 0.3) is 16.9 Å². The van der Waals surface area contributed by atoms with Gasteiger partial charge in [0.2, 0.25) is 5.95 Å². The maximum absolute atomic E-state index is 12.1. The first-order valence-electron chi connectivity index (χ1n) is 13.2. The maximum atomic E-state index is 12.1. The fourth-order valence-electron chi connectivity index (χ4n) is 4.75. The summed E-state index contributed by atoms with van der Waals surface area (Å²) < 4.78 is 12.9. The second-order valence-electron chi connectivity index (χ2n) is 11.3. The minimum Gasteiger partial charge on any atom is -0.427 e. The molecule has 5 heterocycles. The van der Waals surface area contributed by atoms with Crippen LogP contribution in [0.5, 0.6) is 0 Å². The van der Waals surface area contributed by atoms with Crippen molar-refractivity contribution in [2.24, 2.45) is 0 Å². The highest BCUT2D eigenvalue weighted by Gasteiger charge is 2.35. The molecular weight excluding hydrogens is 502 g/mol. The van der Waals surface area contributed by atoms with Crippen LogP contribution in [0.3, 0.4) is 0 Å². The van der Waals surface area contributed by atoms with Crippen molar-refractivity contribution in [3.8, 4) is 11.3 Å². The average molecular weight is 540 g/mol. The molecule has 0 bridgehead atoms. The standard InChI is InChI=1S/C26H37N9O4/c1-25(2,3)38-24(36)39-35-8-6-34(7-9-35)26(4,5)20-17-33-16-19(18-14-28-23(27)29-15-18)30-21(22(33)31-20)32-10-12-37-13-11-32/h14-17H,6-13H2,1-5H3,(H2,27,28,29). The van der Waals surface area contributed by atoms with Gasteiger partial charge in [0.15, 0.2) is 11.5 Å². The highest BCUT2D eigenvalue weighted by atomic mass is 16.8. The number of hydrogen-bond acceptors (Lipinski definition) is 12. The number of aromatic nitrogens is 5. The summed E-state index contributed by atoms with van der Waals surface area (Å²) in [5, 5.41) is 1.66. The van der Waals surface area contributed by atoms with Gasteiger partial charge >= 0.3 is 6.16 Å². The number of imidazole rings is 1. The molecule has 2 aliphatic rings. The van der Waals surface area contributed by atoms with E-state index >= 15 is 0 Å². The van der Waals surface area contributed by atoms with Gasteiger partial charge in [-0.2, -0.15) is 0 Å². The Balaban J connectivity index is 1.39. The lowest BCUT2D eigenvalue weighted by Gasteiger charge is -2.42. The number of hydrogen-bond donors (Lipinski definition) is 1. The van der Waals surface area contributed by atoms with Gasteiger partial charge < -0.3 is 29.3 Å². The first-order chi connectivity index (χ1) is 18.5. The third kappa shape index (κ3) is 6.05. The number of nitrogens with two attached hydrogens (primary N) is 1. The molecule has 0 radical (unpaired) electrons. The molecule has 3 aromatic rings. The van der Waals surface area contributed by atoms with Gasteiger partial charge in [-0.3, -0.25) is 4.90 Å². The lowest BCUT2D eigenvalue weighted by Crippen LogP contribution is -2.53. The second-order valence-corrected chi connectivity index (χ2v) is 11.3. The lowest BCUT2D eigenvalue weighted by atomic mass is 9.98. The van der Waals surface area contributed by atoms with E-state index in [1.54, 1.807) is 17.5 Å². The zero-order valence-corrected chi connectivity index (χ0v) is 23.3. The van der Waals surface area contributed by atoms with Crippen LogP contribution >= 0.6 is 0 Å². The predicted molar refractivity (Wildman–Crippen MR) is 145 cm³/mol. The van der Waals surface area contributed by atoms with E-state index < -0.39 is 11.8 Å². The number of rotatable bonds is 5. The number of nitrogens with zero attached hydrogens (tertiary/aromatic N) is 8. The minimum absolute atomic E-state index is 0.219. The van der Waals surface area contributed by atoms with Gasteiger partial charge in [0.25, 0.3) is 0 Å². The molecule has 0 unspecified atom stereocenters. The van der Waals surface area contributed by atoms with Crippen LogP contribution in [0.1, 0.15) is 40.3 Å². The summed E-state index contributed by atoms with van der Waals surface area (Å²) >= 11 is 0. The molecule has 13 heteroatoms. The zero-order chi connectivity index (χ0) is 27.8. The highest BCUT2D eigenvalue weighted by Crippen LogP contribution is 2.32. The molecule has 2 aliphatic heterocycles. The van der Waals surface area contributed by atoms with Crippen molar-refractivity contribution < 1.29 is 19.1 Å². The molecule has 210 valence electrons. The number of nitrogen functional groups attached to an aromatic ring is 1. The summed E-state index contributed by atoms with van der Waals surface area (Å²) in [5.41, 5.74) is 7.94. The Bertz CT molecular complexity index is 1310. The van der Waals surface area contributed by atoms with Gasteiger partial charge in [0.1, 0.15) is 5.60 Å². The first-order valence-corrected chi connectivity index (χ1v) is 13.2. The molecule has 2 fully saturated rings. The van der Waals surface area contributed by atoms with Gasteiger partial charge in [0.05, 0.1) is 30.1 Å². The Kier molecular flexibility index (Phi) is 7.31. The maximum Gasteiger partial charge on any atom is 0.528 e. The van der Waals surface area contributed by atoms with E-state index in [1.807, 2.05) is 31.4 Å². The van der Waals surface area contributed by atoms with E-state index in [0.29, 0.717) is 39.4 Å². The number of ether oxygens (including phenoxy) is 2. The topological polar surface area (TPSA) is 136 Å². The van der Waals surface area contributed by atoms with Crippen molar-refractivity contribution in [2.75, 3.05) is 63.1 Å². The number of carbonyl (C=O) groups excluding carboxylic acids is 1. The van der Waals surface area contributed by atoms with Crippen LogP contribution in [-0.2, 0) is 19.9 Å². The Labute approximate surface area is 227 Å². The number of morpholine rings is 1. The number of anilines is 2. The largest absolute Gasteiger partial charge is 0.528 e. The molecule has 0 spiro atoms. The molecule has 5 rings (SSSR count). The molecule has 0 aliphatic carbocycles. The number of hydroxylamine groups is 2. The number of carbonyl (C=O) groups is 1. The Morgan fingerprint density at radius 3 is 2.26 bits per heavy atom. The van der Waals surface area contributed by atoms with Crippen molar-refractivity contribution in [3.63, 3.8) is 0 Å². The molecular formula is C26H37N9O4. The van der Waals surface area contributed by atoms with Crippen LogP contribution in [-0.4, -0.2) is 98.5 Å². The van der Waals surface area contributed by atoms with Crippen molar-refractivity contribution in [2.45, 2.75) is 45.8 Å². The first kappa shape index (κ1) is 27.0. The van der Waals surface area contributed by atoms with Gasteiger partial charge in [0, 0.05) is 69.6 Å². The predicted octanol–water partition coefficient (Wildman–Crippen LogP) is 2.32. The van der Waals surface area contributed by atoms with Gasteiger partial charge in [-0.25, -0.2) is 24.7 Å². The third-order valence-corrected chi connectivity index (χ3v) is 6.95. The van der Waals surface area contributed by atoms with Crippen LogP contribution in [0.4, 0.5) is 16.6 Å². The van der Waals surface area contributed by atoms with E-state index in [1.165, 1.54) is 0 Å². The molecule has 2 N–H and O–H groups in total. The van der Waals surface area contributed by atoms with Crippen molar-refractivity contribution in [3.05, 3.63) is 30.5 Å². The zero-order valence-electron chi connectivity index (χ0n) is 23.3. The van der Waals surface area contributed by atoms with Gasteiger partial charge in [-0.05, 0) is 34.6 Å². The summed E-state index contributed by atoms with van der Waals surface area (Å²) in [4.78, 5) is 40.4. The van der Waals surface area contributed by atoms with Gasteiger partial charge in [-0.1, -0.05) is 0 Å². The molecule has 3 aromatic heterocycles. The van der Waals surface area contributed by atoms with E-state index in [2.05, 4.69) is 39.8 Å². The molecule has 13 nitrogen and oxygen atoms in total. The molecule has 0 amide bonds. The summed E-state index contributed by atoms with van der Waals surface area (Å²) in [7, 11) is 0. The van der Waals surface area contributed by atoms with Crippen LogP contribution < -0.4 is 10.6 Å². The third-order valence-electron chi connectivity index (χ3n) is 6.95. The highest BCUT2D eigenvalue weighted by molar-refractivity contribution is 5.70. The van der Waals surface area contributed by atoms with Crippen LogP contribution in [0.15, 0.2) is 24.8 Å². The van der Waals surface area contributed by atoms with E-state index in [0.717, 1.165) is 41.5 Å². The second kappa shape index (κ2) is 10.5. The summed E-state index contributed by atoms with van der Waals surface area (Å²) in [6, 6.07) is 0. The van der Waals surface area contributed by atoms with E-state index in [4.69, 9.17) is 30.0 Å². The normalized spacial score (nSPS) is 17.9. The van der Waals surface area contributed by atoms with E-state index in [9.17, 15) is 4.79 Å². The van der Waals surface area contributed by atoms with Crippen molar-refractivity contribution in [1.29, 1.82) is 0 Å². The SMILES string of the molecule is CC(C)(C)OC(=O)ON1CCN(C(C)(C)c2cn3cc(-c4cnc(N)nc4)nc(N4CCOCC4)c3n2)CC1. The van der Waals surface area contributed by atoms with Crippen molar-refractivity contribution in [1.82, 2.24) is 34.3 Å². The van der Waals surface area contributed by atoms with Gasteiger partial charge in [-0.15, -0.1) is 5.06 Å². The number of fused-ring (bicyclic) bond motifs is 1. The Morgan fingerprint density at radius 1 is 0.949 bits per heavy atom. The molecule has 0 atom stereocenters. The average Bonchev–Trinajstić information content (AvgIpc) is 3.34. The fourth-order valence-corrected chi connectivity index (χ4v) is 4.75. The van der Waals surface area contributed by atoms with E-state index in [-0.39, 0.29) is 11.5 Å². The molecule has 2 saturated heterocycles. The summed E-state index contributed by atoms with van der Waals surface area (Å²) in [6.45, 7) is 15.0. The quantitative estimate of drug-likeness (QED) is 0.476. The monoisotopic (exact) mass is 539 g/mol. The molecule has 0 saturated carbocycles. The van der Waals surface area contributed by atoms with Crippen LogP contribution in [0.2, 0.25) is 0 Å². The molecule has 0 aromatic carbocycles. The summed E-state index contributed by atoms with van der Waals surface area (Å²) in [5.74, 6) is 1.02. The smallest absolute Gasteiger partial charge is 0.427 e. The fraction of sp³-hybridized carbons (Fsp3) is 0.577. The Morgan fingerprint density at radius 2 is 1.62 bits per heavy atom. The minimum atomic E-state index is -0.680. The Hall–Kier alpha value is -3.55. The van der Waals surface area contributed by atoms with Crippen LogP contribution in [0, 0.1) is 0 Å². The summed E-state index contributed by atoms with van der Waals surface area (Å²) in [6.07, 6.45) is 6.70. The lowest BCUT2D eigenvalue weighted by molar-refractivity contribution is -0.164. The van der Waals surface area contributed by atoms with Crippen molar-refractivity contribution >= 4 is 23.6 Å². The number of piperazine rings is 1.